The molecular formula is C12H18ClNO. The lowest BCUT2D eigenvalue weighted by Crippen LogP contribution is -2.30. The third kappa shape index (κ3) is 3.82. The van der Waals surface area contributed by atoms with Crippen molar-refractivity contribution in [2.45, 2.75) is 32.3 Å². The van der Waals surface area contributed by atoms with Crippen LogP contribution >= 0.6 is 11.6 Å². The second-order valence-corrected chi connectivity index (χ2v) is 4.71. The van der Waals surface area contributed by atoms with E-state index >= 15 is 0 Å². The normalized spacial score (nSPS) is 15.0. The van der Waals surface area contributed by atoms with Gasteiger partial charge in [-0.2, -0.15) is 0 Å². The molecule has 84 valence electrons. The van der Waals surface area contributed by atoms with E-state index in [-0.39, 0.29) is 0 Å². The number of nitrogens with two attached hydrogens (primary N) is 1. The van der Waals surface area contributed by atoms with Crippen molar-refractivity contribution in [2.75, 3.05) is 6.54 Å². The highest BCUT2D eigenvalue weighted by Crippen LogP contribution is 2.23. The molecule has 0 bridgehead atoms. The summed E-state index contributed by atoms with van der Waals surface area (Å²) in [6.07, 6.45) is 1.13. The van der Waals surface area contributed by atoms with Crippen molar-refractivity contribution in [1.29, 1.82) is 0 Å². The quantitative estimate of drug-likeness (QED) is 0.829. The van der Waals surface area contributed by atoms with Gasteiger partial charge in [-0.15, -0.1) is 0 Å². The Kier molecular flexibility index (Phi) is 4.14. The van der Waals surface area contributed by atoms with Gasteiger partial charge in [0.15, 0.2) is 0 Å². The van der Waals surface area contributed by atoms with Crippen LogP contribution in [-0.2, 0) is 6.42 Å². The summed E-state index contributed by atoms with van der Waals surface area (Å²) in [5, 5.41) is 10.7. The largest absolute Gasteiger partial charge is 0.390 e. The predicted molar refractivity (Wildman–Crippen MR) is 64.2 cm³/mol. The second-order valence-electron chi connectivity index (χ2n) is 4.31. The van der Waals surface area contributed by atoms with Crippen LogP contribution in [0.2, 0.25) is 5.02 Å². The summed E-state index contributed by atoms with van der Waals surface area (Å²) in [6, 6.07) is 5.87. The maximum absolute atomic E-state index is 10.0. The van der Waals surface area contributed by atoms with E-state index in [0.29, 0.717) is 24.4 Å². The fraction of sp³-hybridized carbons (Fsp3) is 0.500. The van der Waals surface area contributed by atoms with Crippen molar-refractivity contribution in [1.82, 2.24) is 0 Å². The maximum atomic E-state index is 10.0. The van der Waals surface area contributed by atoms with E-state index in [1.54, 1.807) is 6.92 Å². The summed E-state index contributed by atoms with van der Waals surface area (Å²) in [6.45, 7) is 4.26. The zero-order valence-corrected chi connectivity index (χ0v) is 10.0. The van der Waals surface area contributed by atoms with E-state index in [0.717, 1.165) is 11.1 Å². The van der Waals surface area contributed by atoms with Crippen LogP contribution in [0, 0.1) is 6.92 Å². The third-order valence-corrected chi connectivity index (χ3v) is 2.81. The van der Waals surface area contributed by atoms with Gasteiger partial charge < -0.3 is 10.8 Å². The zero-order valence-electron chi connectivity index (χ0n) is 9.26. The molecule has 1 rings (SSSR count). The first-order valence-electron chi connectivity index (χ1n) is 5.12. The van der Waals surface area contributed by atoms with Crippen molar-refractivity contribution < 1.29 is 5.11 Å². The summed E-state index contributed by atoms with van der Waals surface area (Å²) < 4.78 is 0. The third-order valence-electron chi connectivity index (χ3n) is 2.46. The standard InChI is InChI=1S/C12H18ClNO/c1-9-3-4-10(11(13)7-9)8-12(2,15)5-6-14/h3-4,7,15H,5-6,8,14H2,1-2H3. The van der Waals surface area contributed by atoms with Crippen LogP contribution in [0.25, 0.3) is 0 Å². The minimum Gasteiger partial charge on any atom is -0.390 e. The first kappa shape index (κ1) is 12.5. The van der Waals surface area contributed by atoms with Crippen molar-refractivity contribution >= 4 is 11.6 Å². The topological polar surface area (TPSA) is 46.2 Å². The molecule has 0 saturated heterocycles. The highest BCUT2D eigenvalue weighted by Gasteiger charge is 2.20. The van der Waals surface area contributed by atoms with Gasteiger partial charge in [-0.1, -0.05) is 23.7 Å². The molecule has 3 N–H and O–H groups in total. The molecule has 0 radical (unpaired) electrons. The molecule has 2 nitrogen and oxygen atoms in total. The van der Waals surface area contributed by atoms with Gasteiger partial charge in [0.05, 0.1) is 5.60 Å². The van der Waals surface area contributed by atoms with Crippen LogP contribution in [0.4, 0.5) is 0 Å². The van der Waals surface area contributed by atoms with Crippen LogP contribution in [0.1, 0.15) is 24.5 Å². The second kappa shape index (κ2) is 4.97. The fourth-order valence-corrected chi connectivity index (χ4v) is 1.91. The molecule has 1 atom stereocenters. The lowest BCUT2D eigenvalue weighted by atomic mass is 9.93. The summed E-state index contributed by atoms with van der Waals surface area (Å²) in [5.41, 5.74) is 6.77. The Morgan fingerprint density at radius 2 is 2.13 bits per heavy atom. The van der Waals surface area contributed by atoms with Gasteiger partial charge >= 0.3 is 0 Å². The predicted octanol–water partition coefficient (Wildman–Crippen LogP) is 2.29. The lowest BCUT2D eigenvalue weighted by Gasteiger charge is -2.23. The van der Waals surface area contributed by atoms with Crippen molar-refractivity contribution in [2.24, 2.45) is 5.73 Å². The Labute approximate surface area is 96.1 Å². The molecule has 0 aliphatic carbocycles. The molecule has 0 aromatic heterocycles. The Morgan fingerprint density at radius 3 is 2.67 bits per heavy atom. The van der Waals surface area contributed by atoms with E-state index < -0.39 is 5.60 Å². The van der Waals surface area contributed by atoms with Gasteiger partial charge in [-0.05, 0) is 44.0 Å². The Hall–Kier alpha value is -0.570. The Balaban J connectivity index is 2.80. The van der Waals surface area contributed by atoms with Gasteiger partial charge in [0.2, 0.25) is 0 Å². The molecule has 0 amide bonds. The first-order valence-corrected chi connectivity index (χ1v) is 5.50. The monoisotopic (exact) mass is 227 g/mol. The molecule has 1 unspecified atom stereocenters. The van der Waals surface area contributed by atoms with Gasteiger partial charge in [-0.25, -0.2) is 0 Å². The van der Waals surface area contributed by atoms with Crippen molar-refractivity contribution in [3.8, 4) is 0 Å². The minimum absolute atomic E-state index is 0.483. The van der Waals surface area contributed by atoms with Gasteiger partial charge in [0.25, 0.3) is 0 Å². The maximum Gasteiger partial charge on any atom is 0.0672 e. The average Bonchev–Trinajstić information content (AvgIpc) is 2.09. The number of benzene rings is 1. The molecule has 0 spiro atoms. The summed E-state index contributed by atoms with van der Waals surface area (Å²) >= 11 is 6.09. The molecule has 0 aliphatic heterocycles. The smallest absolute Gasteiger partial charge is 0.0672 e. The highest BCUT2D eigenvalue weighted by molar-refractivity contribution is 6.31. The van der Waals surface area contributed by atoms with Crippen molar-refractivity contribution in [3.05, 3.63) is 34.3 Å². The molecular weight excluding hydrogens is 210 g/mol. The summed E-state index contributed by atoms with van der Waals surface area (Å²) in [5.74, 6) is 0. The van der Waals surface area contributed by atoms with Crippen molar-refractivity contribution in [3.63, 3.8) is 0 Å². The molecule has 1 aromatic rings. The number of halogens is 1. The fourth-order valence-electron chi connectivity index (χ4n) is 1.61. The van der Waals surface area contributed by atoms with Gasteiger partial charge in [0.1, 0.15) is 0 Å². The Morgan fingerprint density at radius 1 is 1.47 bits per heavy atom. The summed E-state index contributed by atoms with van der Waals surface area (Å²) in [7, 11) is 0. The van der Waals surface area contributed by atoms with Crippen LogP contribution in [0.15, 0.2) is 18.2 Å². The van der Waals surface area contributed by atoms with Crippen LogP contribution < -0.4 is 5.73 Å². The van der Waals surface area contributed by atoms with Crippen LogP contribution in [0.5, 0.6) is 0 Å². The van der Waals surface area contributed by atoms with E-state index in [9.17, 15) is 5.11 Å². The van der Waals surface area contributed by atoms with E-state index in [1.807, 2.05) is 25.1 Å². The molecule has 15 heavy (non-hydrogen) atoms. The minimum atomic E-state index is -0.770. The lowest BCUT2D eigenvalue weighted by molar-refractivity contribution is 0.0539. The Bertz CT molecular complexity index is 336. The number of aryl methyl sites for hydroxylation is 1. The van der Waals surface area contributed by atoms with Crippen LogP contribution in [-0.4, -0.2) is 17.3 Å². The number of hydrogen-bond acceptors (Lipinski definition) is 2. The highest BCUT2D eigenvalue weighted by atomic mass is 35.5. The van der Waals surface area contributed by atoms with E-state index in [2.05, 4.69) is 0 Å². The van der Waals surface area contributed by atoms with Gasteiger partial charge in [-0.3, -0.25) is 0 Å². The number of hydrogen-bond donors (Lipinski definition) is 2. The number of aliphatic hydroxyl groups is 1. The molecule has 0 saturated carbocycles. The molecule has 0 heterocycles. The molecule has 0 aliphatic rings. The SMILES string of the molecule is Cc1ccc(CC(C)(O)CCN)c(Cl)c1. The number of rotatable bonds is 4. The molecule has 1 aromatic carbocycles. The summed E-state index contributed by atoms with van der Waals surface area (Å²) in [4.78, 5) is 0. The van der Waals surface area contributed by atoms with E-state index in [1.165, 1.54) is 0 Å². The average molecular weight is 228 g/mol. The molecule has 0 fully saturated rings. The molecule has 3 heteroatoms. The van der Waals surface area contributed by atoms with E-state index in [4.69, 9.17) is 17.3 Å². The van der Waals surface area contributed by atoms with Crippen LogP contribution in [0.3, 0.4) is 0 Å². The zero-order chi connectivity index (χ0) is 11.5. The first-order chi connectivity index (χ1) is 6.94. The van der Waals surface area contributed by atoms with Gasteiger partial charge in [0, 0.05) is 11.4 Å².